The number of nitrogens with one attached hydrogen (secondary N) is 2. The van der Waals surface area contributed by atoms with Crippen LogP contribution in [0, 0.1) is 0 Å². The van der Waals surface area contributed by atoms with Gasteiger partial charge in [0.15, 0.2) is 0 Å². The van der Waals surface area contributed by atoms with E-state index < -0.39 is 0 Å². The van der Waals surface area contributed by atoms with Gasteiger partial charge in [0.05, 0.1) is 12.1 Å². The molecule has 2 aromatic rings. The summed E-state index contributed by atoms with van der Waals surface area (Å²) in [5.74, 6) is 0.589. The predicted octanol–water partition coefficient (Wildman–Crippen LogP) is 2.37. The van der Waals surface area contributed by atoms with Gasteiger partial charge in [-0.15, -0.1) is 16.4 Å². The van der Waals surface area contributed by atoms with Crippen LogP contribution in [0.3, 0.4) is 0 Å². The van der Waals surface area contributed by atoms with Crippen molar-refractivity contribution in [3.8, 4) is 0 Å². The largest absolute Gasteiger partial charge is 0.407 e. The molecule has 0 atom stereocenters. The van der Waals surface area contributed by atoms with E-state index in [0.717, 1.165) is 18.0 Å². The Balaban J connectivity index is 1.96. The Labute approximate surface area is 116 Å². The maximum absolute atomic E-state index is 5.55. The molecule has 0 aliphatic rings. The number of hydrogen-bond donors (Lipinski definition) is 2. The summed E-state index contributed by atoms with van der Waals surface area (Å²) in [6, 6.07) is 0.425. The van der Waals surface area contributed by atoms with Gasteiger partial charge in [0.25, 0.3) is 0 Å². The van der Waals surface area contributed by atoms with Crippen molar-refractivity contribution >= 4 is 17.4 Å². The molecule has 2 rings (SSSR count). The summed E-state index contributed by atoms with van der Waals surface area (Å²) < 4.78 is 5.55. The Hall–Kier alpha value is -1.47. The lowest BCUT2D eigenvalue weighted by Gasteiger charge is -2.21. The van der Waals surface area contributed by atoms with E-state index in [4.69, 9.17) is 4.42 Å². The second-order valence-electron chi connectivity index (χ2n) is 4.76. The Morgan fingerprint density at radius 3 is 2.89 bits per heavy atom. The summed E-state index contributed by atoms with van der Waals surface area (Å²) in [7, 11) is 0. The Morgan fingerprint density at radius 1 is 1.37 bits per heavy atom. The van der Waals surface area contributed by atoms with Gasteiger partial charge in [-0.3, -0.25) is 0 Å². The Bertz CT molecular complexity index is 494. The predicted molar refractivity (Wildman–Crippen MR) is 75.1 cm³/mol. The van der Waals surface area contributed by atoms with Crippen molar-refractivity contribution in [3.05, 3.63) is 22.5 Å². The number of hydrogen-bond acceptors (Lipinski definition) is 7. The zero-order chi connectivity index (χ0) is 13.7. The third-order valence-electron chi connectivity index (χ3n) is 2.56. The summed E-state index contributed by atoms with van der Waals surface area (Å²) >= 11 is 1.60. The number of aromatic nitrogens is 3. The quantitative estimate of drug-likeness (QED) is 0.759. The number of rotatable bonds is 7. The van der Waals surface area contributed by atoms with Crippen molar-refractivity contribution in [2.75, 3.05) is 11.9 Å². The van der Waals surface area contributed by atoms with Gasteiger partial charge in [0.1, 0.15) is 5.01 Å². The van der Waals surface area contributed by atoms with Crippen LogP contribution in [-0.2, 0) is 12.1 Å². The molecular weight excluding hydrogens is 262 g/mol. The average Bonchev–Trinajstić information content (AvgIpc) is 3.00. The van der Waals surface area contributed by atoms with Gasteiger partial charge in [-0.2, -0.15) is 0 Å². The molecule has 0 aliphatic heterocycles. The molecule has 104 valence electrons. The first kappa shape index (κ1) is 14.0. The maximum Gasteiger partial charge on any atom is 0.316 e. The normalized spacial score (nSPS) is 11.7. The van der Waals surface area contributed by atoms with E-state index in [1.807, 2.05) is 19.2 Å². The van der Waals surface area contributed by atoms with E-state index in [9.17, 15) is 0 Å². The van der Waals surface area contributed by atoms with Crippen molar-refractivity contribution in [2.45, 2.75) is 39.3 Å². The van der Waals surface area contributed by atoms with E-state index in [1.165, 1.54) is 0 Å². The molecular formula is C12H19N5OS. The van der Waals surface area contributed by atoms with Crippen molar-refractivity contribution in [2.24, 2.45) is 0 Å². The minimum absolute atomic E-state index is 0.325. The molecule has 0 aromatic carbocycles. The van der Waals surface area contributed by atoms with Crippen LogP contribution < -0.4 is 10.6 Å². The first-order chi connectivity index (χ1) is 9.12. The van der Waals surface area contributed by atoms with E-state index >= 15 is 0 Å². The molecule has 0 spiro atoms. The average molecular weight is 281 g/mol. The SMILES string of the molecule is CCCNCc1nnc(NC(C)(C)c2nccs2)o1. The summed E-state index contributed by atoms with van der Waals surface area (Å²) in [5.41, 5.74) is -0.325. The first-order valence-corrected chi connectivity index (χ1v) is 7.21. The third kappa shape index (κ3) is 3.74. The van der Waals surface area contributed by atoms with Crippen LogP contribution in [0.5, 0.6) is 0 Å². The molecule has 0 unspecified atom stereocenters. The Morgan fingerprint density at radius 2 is 2.21 bits per heavy atom. The van der Waals surface area contributed by atoms with Crippen molar-refractivity contribution < 1.29 is 4.42 Å². The maximum atomic E-state index is 5.55. The lowest BCUT2D eigenvalue weighted by molar-refractivity contribution is 0.461. The molecule has 0 saturated carbocycles. The molecule has 0 fully saturated rings. The summed E-state index contributed by atoms with van der Waals surface area (Å²) in [4.78, 5) is 4.31. The van der Waals surface area contributed by atoms with Crippen LogP contribution in [0.1, 0.15) is 38.1 Å². The van der Waals surface area contributed by atoms with E-state index in [-0.39, 0.29) is 5.54 Å². The molecule has 2 aromatic heterocycles. The van der Waals surface area contributed by atoms with Crippen LogP contribution in [0.2, 0.25) is 0 Å². The summed E-state index contributed by atoms with van der Waals surface area (Å²) in [6.45, 7) is 7.72. The molecule has 0 aliphatic carbocycles. The molecule has 0 radical (unpaired) electrons. The van der Waals surface area contributed by atoms with E-state index in [1.54, 1.807) is 17.5 Å². The third-order valence-corrected chi connectivity index (χ3v) is 3.65. The van der Waals surface area contributed by atoms with Crippen molar-refractivity contribution in [3.63, 3.8) is 0 Å². The van der Waals surface area contributed by atoms with Crippen molar-refractivity contribution in [1.82, 2.24) is 20.5 Å². The Kier molecular flexibility index (Phi) is 4.49. The number of nitrogens with zero attached hydrogens (tertiary/aromatic N) is 3. The molecule has 19 heavy (non-hydrogen) atoms. The molecule has 2 N–H and O–H groups in total. The van der Waals surface area contributed by atoms with Crippen LogP contribution in [0.15, 0.2) is 16.0 Å². The highest BCUT2D eigenvalue weighted by Gasteiger charge is 2.25. The van der Waals surface area contributed by atoms with Gasteiger partial charge >= 0.3 is 6.01 Å². The van der Waals surface area contributed by atoms with Crippen LogP contribution in [-0.4, -0.2) is 21.7 Å². The monoisotopic (exact) mass is 281 g/mol. The number of anilines is 1. The van der Waals surface area contributed by atoms with Gasteiger partial charge in [-0.05, 0) is 26.8 Å². The zero-order valence-electron chi connectivity index (χ0n) is 11.4. The van der Waals surface area contributed by atoms with Gasteiger partial charge in [0.2, 0.25) is 5.89 Å². The molecule has 6 nitrogen and oxygen atoms in total. The standard InChI is InChI=1S/C12H19N5OS/c1-4-5-13-8-9-16-17-11(18-9)15-12(2,3)10-14-6-7-19-10/h6-7,13H,4-5,8H2,1-3H3,(H,15,17). The minimum Gasteiger partial charge on any atom is -0.407 e. The fraction of sp³-hybridized carbons (Fsp3) is 0.583. The molecule has 0 bridgehead atoms. The topological polar surface area (TPSA) is 75.9 Å². The van der Waals surface area contributed by atoms with Crippen LogP contribution in [0.4, 0.5) is 6.01 Å². The van der Waals surface area contributed by atoms with Gasteiger partial charge in [-0.25, -0.2) is 4.98 Å². The molecule has 0 saturated heterocycles. The van der Waals surface area contributed by atoms with E-state index in [0.29, 0.717) is 18.5 Å². The lowest BCUT2D eigenvalue weighted by atomic mass is 10.1. The van der Waals surface area contributed by atoms with Crippen molar-refractivity contribution in [1.29, 1.82) is 0 Å². The highest BCUT2D eigenvalue weighted by atomic mass is 32.1. The summed E-state index contributed by atoms with van der Waals surface area (Å²) in [5, 5.41) is 17.4. The second kappa shape index (κ2) is 6.12. The van der Waals surface area contributed by atoms with Gasteiger partial charge in [-0.1, -0.05) is 12.0 Å². The minimum atomic E-state index is -0.325. The summed E-state index contributed by atoms with van der Waals surface area (Å²) in [6.07, 6.45) is 2.87. The fourth-order valence-electron chi connectivity index (χ4n) is 1.60. The van der Waals surface area contributed by atoms with E-state index in [2.05, 4.69) is 32.7 Å². The number of thiazole rings is 1. The van der Waals surface area contributed by atoms with Gasteiger partial charge < -0.3 is 15.1 Å². The highest BCUT2D eigenvalue weighted by molar-refractivity contribution is 7.09. The van der Waals surface area contributed by atoms with Gasteiger partial charge in [0, 0.05) is 11.6 Å². The second-order valence-corrected chi connectivity index (χ2v) is 5.66. The molecule has 0 amide bonds. The van der Waals surface area contributed by atoms with Crippen LogP contribution in [0.25, 0.3) is 0 Å². The highest BCUT2D eigenvalue weighted by Crippen LogP contribution is 2.26. The molecule has 7 heteroatoms. The molecule has 2 heterocycles. The zero-order valence-corrected chi connectivity index (χ0v) is 12.3. The van der Waals surface area contributed by atoms with Crippen LogP contribution >= 0.6 is 11.3 Å². The smallest absolute Gasteiger partial charge is 0.316 e. The lowest BCUT2D eigenvalue weighted by Crippen LogP contribution is -2.27. The first-order valence-electron chi connectivity index (χ1n) is 6.33. The fourth-order valence-corrected chi connectivity index (χ4v) is 2.32.